The van der Waals surface area contributed by atoms with Gasteiger partial charge < -0.3 is 16.4 Å². The molecule has 5 nitrogen and oxygen atoms in total. The number of carbonyl (C=O) groups excluding carboxylic acids is 1. The SMILES string of the molecule is NC(=O)N1Cc2cnccc2C1c1ccc(C2=CCC(N)CC2)cc1. The van der Waals surface area contributed by atoms with Gasteiger partial charge >= 0.3 is 6.03 Å². The van der Waals surface area contributed by atoms with Crippen molar-refractivity contribution in [3.05, 3.63) is 71.1 Å². The summed E-state index contributed by atoms with van der Waals surface area (Å²) in [5, 5.41) is 0. The van der Waals surface area contributed by atoms with E-state index in [9.17, 15) is 4.79 Å². The molecule has 25 heavy (non-hydrogen) atoms. The smallest absolute Gasteiger partial charge is 0.315 e. The molecule has 0 bridgehead atoms. The number of hydrogen-bond acceptors (Lipinski definition) is 3. The zero-order valence-corrected chi connectivity index (χ0v) is 14.1. The minimum Gasteiger partial charge on any atom is -0.351 e. The number of urea groups is 1. The minimum absolute atomic E-state index is 0.140. The Balaban J connectivity index is 1.66. The lowest BCUT2D eigenvalue weighted by atomic mass is 9.90. The summed E-state index contributed by atoms with van der Waals surface area (Å²) in [6.45, 7) is 0.508. The quantitative estimate of drug-likeness (QED) is 0.885. The Kier molecular flexibility index (Phi) is 4.01. The van der Waals surface area contributed by atoms with Gasteiger partial charge in [-0.15, -0.1) is 0 Å². The highest BCUT2D eigenvalue weighted by atomic mass is 16.2. The number of rotatable bonds is 2. The molecule has 2 aromatic rings. The van der Waals surface area contributed by atoms with Crippen molar-refractivity contribution in [2.45, 2.75) is 37.9 Å². The van der Waals surface area contributed by atoms with Gasteiger partial charge in [-0.2, -0.15) is 0 Å². The van der Waals surface area contributed by atoms with Crippen molar-refractivity contribution < 1.29 is 4.79 Å². The van der Waals surface area contributed by atoms with Gasteiger partial charge in [0, 0.05) is 18.4 Å². The maximum absolute atomic E-state index is 11.9. The second kappa shape index (κ2) is 6.33. The molecule has 2 atom stereocenters. The van der Waals surface area contributed by atoms with E-state index in [1.165, 1.54) is 11.1 Å². The van der Waals surface area contributed by atoms with Gasteiger partial charge in [0.2, 0.25) is 0 Å². The maximum atomic E-state index is 11.9. The number of nitrogens with two attached hydrogens (primary N) is 2. The highest BCUT2D eigenvalue weighted by Crippen LogP contribution is 2.38. The molecule has 0 saturated carbocycles. The molecule has 0 saturated heterocycles. The summed E-state index contributed by atoms with van der Waals surface area (Å²) in [7, 11) is 0. The molecule has 1 aromatic heterocycles. The Bertz CT molecular complexity index is 828. The fraction of sp³-hybridized carbons (Fsp3) is 0.300. The number of hydrogen-bond donors (Lipinski definition) is 2. The molecule has 4 rings (SSSR count). The van der Waals surface area contributed by atoms with Crippen molar-refractivity contribution >= 4 is 11.6 Å². The van der Waals surface area contributed by atoms with Crippen LogP contribution in [0.5, 0.6) is 0 Å². The Hall–Kier alpha value is -2.66. The topological polar surface area (TPSA) is 85.2 Å². The lowest BCUT2D eigenvalue weighted by molar-refractivity contribution is 0.199. The van der Waals surface area contributed by atoms with Gasteiger partial charge in [0.15, 0.2) is 0 Å². The number of primary amides is 1. The number of benzene rings is 1. The number of aromatic nitrogens is 1. The monoisotopic (exact) mass is 334 g/mol. The van der Waals surface area contributed by atoms with Crippen LogP contribution in [0.1, 0.15) is 47.6 Å². The van der Waals surface area contributed by atoms with Gasteiger partial charge in [-0.25, -0.2) is 4.79 Å². The number of carbonyl (C=O) groups is 1. The zero-order chi connectivity index (χ0) is 17.4. The first-order valence-corrected chi connectivity index (χ1v) is 8.67. The van der Waals surface area contributed by atoms with Gasteiger partial charge in [-0.05, 0) is 53.2 Å². The Morgan fingerprint density at radius 3 is 2.68 bits per heavy atom. The van der Waals surface area contributed by atoms with E-state index in [1.54, 1.807) is 11.1 Å². The van der Waals surface area contributed by atoms with E-state index in [2.05, 4.69) is 35.3 Å². The normalized spacial score (nSPS) is 22.4. The van der Waals surface area contributed by atoms with Crippen molar-refractivity contribution in [1.29, 1.82) is 0 Å². The molecule has 1 aliphatic heterocycles. The van der Waals surface area contributed by atoms with Crippen LogP contribution in [0.25, 0.3) is 5.57 Å². The number of allylic oxidation sites excluding steroid dienone is 1. The molecule has 1 aromatic carbocycles. The second-order valence-electron chi connectivity index (χ2n) is 6.83. The highest BCUT2D eigenvalue weighted by Gasteiger charge is 2.33. The van der Waals surface area contributed by atoms with Crippen molar-refractivity contribution in [3.8, 4) is 0 Å². The van der Waals surface area contributed by atoms with Gasteiger partial charge in [0.25, 0.3) is 0 Å². The molecule has 2 aliphatic rings. The number of fused-ring (bicyclic) bond motifs is 1. The van der Waals surface area contributed by atoms with Crippen LogP contribution in [0.3, 0.4) is 0 Å². The predicted molar refractivity (Wildman–Crippen MR) is 97.5 cm³/mol. The number of amides is 2. The van der Waals surface area contributed by atoms with Gasteiger partial charge in [-0.1, -0.05) is 30.3 Å². The predicted octanol–water partition coefficient (Wildman–Crippen LogP) is 2.96. The lowest BCUT2D eigenvalue weighted by Crippen LogP contribution is -2.34. The zero-order valence-electron chi connectivity index (χ0n) is 14.1. The van der Waals surface area contributed by atoms with E-state index in [4.69, 9.17) is 11.5 Å². The molecule has 0 radical (unpaired) electrons. The first kappa shape index (κ1) is 15.8. The van der Waals surface area contributed by atoms with E-state index in [1.807, 2.05) is 12.3 Å². The highest BCUT2D eigenvalue weighted by molar-refractivity contribution is 5.75. The molecule has 1 aliphatic carbocycles. The summed E-state index contributed by atoms with van der Waals surface area (Å²) in [5.74, 6) is 0. The van der Waals surface area contributed by atoms with E-state index in [-0.39, 0.29) is 12.1 Å². The van der Waals surface area contributed by atoms with Crippen LogP contribution in [0.4, 0.5) is 4.79 Å². The van der Waals surface area contributed by atoms with Crippen LogP contribution in [0.2, 0.25) is 0 Å². The van der Waals surface area contributed by atoms with E-state index in [0.717, 1.165) is 36.0 Å². The van der Waals surface area contributed by atoms with Crippen molar-refractivity contribution in [1.82, 2.24) is 9.88 Å². The van der Waals surface area contributed by atoms with Crippen LogP contribution in [0, 0.1) is 0 Å². The number of nitrogens with zero attached hydrogens (tertiary/aromatic N) is 2. The van der Waals surface area contributed by atoms with Crippen molar-refractivity contribution in [2.24, 2.45) is 11.5 Å². The van der Waals surface area contributed by atoms with E-state index < -0.39 is 6.03 Å². The lowest BCUT2D eigenvalue weighted by Gasteiger charge is -2.24. The molecule has 4 N–H and O–H groups in total. The summed E-state index contributed by atoms with van der Waals surface area (Å²) >= 11 is 0. The first-order chi connectivity index (χ1) is 12.1. The first-order valence-electron chi connectivity index (χ1n) is 8.67. The third-order valence-electron chi connectivity index (χ3n) is 5.22. The molecule has 2 unspecified atom stereocenters. The standard InChI is InChI=1S/C20H22N4O/c21-17-7-5-14(6-8-17)13-1-3-15(4-2-13)19-18-9-10-23-11-16(18)12-24(19)20(22)25/h1-5,9-11,17,19H,6-8,12,21H2,(H2,22,25). The van der Waals surface area contributed by atoms with Crippen LogP contribution >= 0.6 is 0 Å². The molecule has 2 amide bonds. The third-order valence-corrected chi connectivity index (χ3v) is 5.22. The van der Waals surface area contributed by atoms with E-state index in [0.29, 0.717) is 6.54 Å². The fourth-order valence-electron chi connectivity index (χ4n) is 3.84. The average molecular weight is 334 g/mol. The second-order valence-corrected chi connectivity index (χ2v) is 6.83. The van der Waals surface area contributed by atoms with Crippen LogP contribution in [-0.4, -0.2) is 22.0 Å². The van der Waals surface area contributed by atoms with Crippen molar-refractivity contribution in [3.63, 3.8) is 0 Å². The Morgan fingerprint density at radius 1 is 1.20 bits per heavy atom. The molecule has 0 spiro atoms. The minimum atomic E-state index is -0.408. The van der Waals surface area contributed by atoms with Crippen LogP contribution in [-0.2, 0) is 6.54 Å². The summed E-state index contributed by atoms with van der Waals surface area (Å²) in [5.41, 5.74) is 17.4. The summed E-state index contributed by atoms with van der Waals surface area (Å²) in [6.07, 6.45) is 8.82. The Labute approximate surface area is 147 Å². The van der Waals surface area contributed by atoms with Gasteiger partial charge in [-0.3, -0.25) is 4.98 Å². The average Bonchev–Trinajstić information content (AvgIpc) is 3.02. The van der Waals surface area contributed by atoms with Crippen LogP contribution < -0.4 is 11.5 Å². The summed E-state index contributed by atoms with van der Waals surface area (Å²) in [4.78, 5) is 17.8. The van der Waals surface area contributed by atoms with Gasteiger partial charge in [0.05, 0.1) is 12.6 Å². The van der Waals surface area contributed by atoms with Gasteiger partial charge in [0.1, 0.15) is 0 Å². The molecule has 2 heterocycles. The fourth-order valence-corrected chi connectivity index (χ4v) is 3.84. The molecule has 0 fully saturated rings. The maximum Gasteiger partial charge on any atom is 0.315 e. The largest absolute Gasteiger partial charge is 0.351 e. The third kappa shape index (κ3) is 2.91. The molecule has 5 heteroatoms. The summed E-state index contributed by atoms with van der Waals surface area (Å²) < 4.78 is 0. The summed E-state index contributed by atoms with van der Waals surface area (Å²) in [6, 6.07) is 10.2. The molecular weight excluding hydrogens is 312 g/mol. The number of pyridine rings is 1. The van der Waals surface area contributed by atoms with Crippen LogP contribution in [0.15, 0.2) is 48.8 Å². The molecule has 128 valence electrons. The Morgan fingerprint density at radius 2 is 2.00 bits per heavy atom. The van der Waals surface area contributed by atoms with Crippen molar-refractivity contribution in [2.75, 3.05) is 0 Å². The van der Waals surface area contributed by atoms with E-state index >= 15 is 0 Å². The molecular formula is C20H22N4O.